The van der Waals surface area contributed by atoms with Crippen molar-refractivity contribution in [2.24, 2.45) is 18.2 Å². The van der Waals surface area contributed by atoms with Gasteiger partial charge in [-0.2, -0.15) is 0 Å². The van der Waals surface area contributed by atoms with Crippen LogP contribution in [0.15, 0.2) is 24.3 Å². The van der Waals surface area contributed by atoms with Gasteiger partial charge in [0, 0.05) is 19.0 Å². The Bertz CT molecular complexity index is 620. The number of rotatable bonds is 4. The first kappa shape index (κ1) is 12.4. The Kier molecular flexibility index (Phi) is 2.90. The molecule has 0 spiro atoms. The van der Waals surface area contributed by atoms with Crippen LogP contribution in [0.25, 0.3) is 11.0 Å². The number of nitrogens with two attached hydrogens (primary N) is 1. The number of carbonyl (C=O) groups excluding carboxylic acids is 1. The second-order valence-electron chi connectivity index (χ2n) is 5.51. The minimum Gasteiger partial charge on any atom is -0.331 e. The van der Waals surface area contributed by atoms with Crippen molar-refractivity contribution in [2.45, 2.75) is 25.7 Å². The van der Waals surface area contributed by atoms with Gasteiger partial charge in [-0.25, -0.2) is 4.98 Å². The topological polar surface area (TPSA) is 60.9 Å². The van der Waals surface area contributed by atoms with E-state index in [1.807, 2.05) is 35.9 Å². The lowest BCUT2D eigenvalue weighted by Crippen LogP contribution is -2.45. The average molecular weight is 257 g/mol. The van der Waals surface area contributed by atoms with E-state index in [1.54, 1.807) is 0 Å². The van der Waals surface area contributed by atoms with Crippen LogP contribution in [0.1, 0.15) is 25.1 Å². The molecule has 1 heterocycles. The number of para-hydroxylation sites is 2. The van der Waals surface area contributed by atoms with E-state index in [1.165, 1.54) is 0 Å². The summed E-state index contributed by atoms with van der Waals surface area (Å²) in [5.41, 5.74) is 7.54. The number of hydrogen-bond acceptors (Lipinski definition) is 3. The Hall–Kier alpha value is -1.68. The second-order valence-corrected chi connectivity index (χ2v) is 5.51. The van der Waals surface area contributed by atoms with Gasteiger partial charge in [-0.3, -0.25) is 4.79 Å². The summed E-state index contributed by atoms with van der Waals surface area (Å²) in [6.07, 6.45) is 3.38. The molecule has 0 atom stereocenters. The van der Waals surface area contributed by atoms with Crippen molar-refractivity contribution in [1.29, 1.82) is 0 Å². The van der Waals surface area contributed by atoms with Crippen molar-refractivity contribution < 1.29 is 4.79 Å². The summed E-state index contributed by atoms with van der Waals surface area (Å²) in [5.74, 6) is 1.09. The van der Waals surface area contributed by atoms with Crippen LogP contribution >= 0.6 is 0 Å². The third kappa shape index (κ3) is 1.87. The number of aryl methyl sites for hydroxylation is 1. The van der Waals surface area contributed by atoms with E-state index in [2.05, 4.69) is 4.98 Å². The largest absolute Gasteiger partial charge is 0.331 e. The fourth-order valence-corrected chi connectivity index (χ4v) is 2.88. The molecule has 4 nitrogen and oxygen atoms in total. The quantitative estimate of drug-likeness (QED) is 0.908. The van der Waals surface area contributed by atoms with Crippen molar-refractivity contribution in [2.75, 3.05) is 6.54 Å². The van der Waals surface area contributed by atoms with E-state index in [9.17, 15) is 4.79 Å². The van der Waals surface area contributed by atoms with Gasteiger partial charge in [-0.05, 0) is 25.0 Å². The molecular weight excluding hydrogens is 238 g/mol. The van der Waals surface area contributed by atoms with E-state index in [0.717, 1.165) is 36.1 Å². The molecule has 19 heavy (non-hydrogen) atoms. The molecule has 0 radical (unpaired) electrons. The van der Waals surface area contributed by atoms with E-state index in [4.69, 9.17) is 5.73 Å². The van der Waals surface area contributed by atoms with Gasteiger partial charge in [0.05, 0.1) is 17.5 Å². The molecule has 2 N–H and O–H groups in total. The van der Waals surface area contributed by atoms with Gasteiger partial charge in [0.25, 0.3) is 0 Å². The fraction of sp³-hybridized carbons (Fsp3) is 0.467. The molecule has 100 valence electrons. The van der Waals surface area contributed by atoms with Crippen LogP contribution in [-0.4, -0.2) is 21.9 Å². The van der Waals surface area contributed by atoms with Crippen molar-refractivity contribution in [3.05, 3.63) is 30.1 Å². The normalized spacial score (nSPS) is 17.4. The van der Waals surface area contributed by atoms with Crippen LogP contribution in [0.2, 0.25) is 0 Å². The summed E-state index contributed by atoms with van der Waals surface area (Å²) >= 11 is 0. The van der Waals surface area contributed by atoms with Crippen LogP contribution in [0, 0.1) is 5.41 Å². The van der Waals surface area contributed by atoms with Crippen molar-refractivity contribution in [1.82, 2.24) is 9.55 Å². The van der Waals surface area contributed by atoms with E-state index in [0.29, 0.717) is 13.0 Å². The van der Waals surface area contributed by atoms with Gasteiger partial charge >= 0.3 is 0 Å². The lowest BCUT2D eigenvalue weighted by Gasteiger charge is -2.39. The molecule has 4 heteroatoms. The molecule has 1 aromatic carbocycles. The van der Waals surface area contributed by atoms with Crippen molar-refractivity contribution >= 4 is 16.8 Å². The third-order valence-corrected chi connectivity index (χ3v) is 4.49. The number of nitrogens with zero attached hydrogens (tertiary/aromatic N) is 2. The van der Waals surface area contributed by atoms with E-state index >= 15 is 0 Å². The number of benzene rings is 1. The molecule has 1 fully saturated rings. The van der Waals surface area contributed by atoms with Crippen molar-refractivity contribution in [3.8, 4) is 0 Å². The number of imidazole rings is 1. The Balaban J connectivity index is 1.89. The molecule has 1 aromatic heterocycles. The molecule has 1 aliphatic rings. The maximum absolute atomic E-state index is 12.4. The summed E-state index contributed by atoms with van der Waals surface area (Å²) in [7, 11) is 1.97. The zero-order valence-electron chi connectivity index (χ0n) is 11.2. The lowest BCUT2D eigenvalue weighted by molar-refractivity contribution is -0.132. The van der Waals surface area contributed by atoms with E-state index < -0.39 is 0 Å². The number of aromatic nitrogens is 2. The van der Waals surface area contributed by atoms with E-state index in [-0.39, 0.29) is 11.2 Å². The van der Waals surface area contributed by atoms with Gasteiger partial charge in [0.2, 0.25) is 0 Å². The molecule has 0 amide bonds. The maximum Gasteiger partial charge on any atom is 0.147 e. The first-order valence-corrected chi connectivity index (χ1v) is 6.80. The highest BCUT2D eigenvalue weighted by atomic mass is 16.1. The SMILES string of the molecule is Cn1c(CC(=O)C2(CN)CCC2)nc2ccccc21. The number of carbonyl (C=O) groups is 1. The fourth-order valence-electron chi connectivity index (χ4n) is 2.88. The number of ketones is 1. The predicted molar refractivity (Wildman–Crippen MR) is 74.8 cm³/mol. The first-order chi connectivity index (χ1) is 9.16. The molecule has 0 bridgehead atoms. The van der Waals surface area contributed by atoms with Gasteiger partial charge in [-0.15, -0.1) is 0 Å². The first-order valence-electron chi connectivity index (χ1n) is 6.80. The summed E-state index contributed by atoms with van der Waals surface area (Å²) in [6.45, 7) is 0.468. The zero-order chi connectivity index (χ0) is 13.5. The summed E-state index contributed by atoms with van der Waals surface area (Å²) < 4.78 is 2.01. The third-order valence-electron chi connectivity index (χ3n) is 4.49. The zero-order valence-corrected chi connectivity index (χ0v) is 11.2. The molecule has 2 aromatic rings. The summed E-state index contributed by atoms with van der Waals surface area (Å²) in [4.78, 5) is 17.0. The molecule has 3 rings (SSSR count). The van der Waals surface area contributed by atoms with Crippen molar-refractivity contribution in [3.63, 3.8) is 0 Å². The van der Waals surface area contributed by atoms with Crippen LogP contribution in [0.4, 0.5) is 0 Å². The Morgan fingerprint density at radius 2 is 2.16 bits per heavy atom. The molecule has 0 unspecified atom stereocenters. The highest BCUT2D eigenvalue weighted by Gasteiger charge is 2.42. The maximum atomic E-state index is 12.4. The summed E-state index contributed by atoms with van der Waals surface area (Å²) in [5, 5.41) is 0. The number of fused-ring (bicyclic) bond motifs is 1. The van der Waals surface area contributed by atoms with Crippen LogP contribution in [-0.2, 0) is 18.3 Å². The molecule has 1 saturated carbocycles. The highest BCUT2D eigenvalue weighted by molar-refractivity contribution is 5.88. The Morgan fingerprint density at radius 1 is 1.42 bits per heavy atom. The monoisotopic (exact) mass is 257 g/mol. The molecule has 0 saturated heterocycles. The molecule has 1 aliphatic carbocycles. The smallest absolute Gasteiger partial charge is 0.147 e. The minimum atomic E-state index is -0.266. The molecular formula is C15H19N3O. The highest BCUT2D eigenvalue weighted by Crippen LogP contribution is 2.41. The second kappa shape index (κ2) is 4.46. The predicted octanol–water partition coefficient (Wildman–Crippen LogP) is 1.81. The lowest BCUT2D eigenvalue weighted by atomic mass is 9.65. The standard InChI is InChI=1S/C15H19N3O/c1-18-12-6-3-2-5-11(12)17-14(18)9-13(19)15(10-16)7-4-8-15/h2-3,5-6H,4,7-10,16H2,1H3. The van der Waals surface area contributed by atoms with Gasteiger partial charge < -0.3 is 10.3 Å². The minimum absolute atomic E-state index is 0.250. The number of Topliss-reactive ketones (excluding diaryl/α,β-unsaturated/α-hetero) is 1. The Labute approximate surface area is 112 Å². The van der Waals surface area contributed by atoms with Crippen LogP contribution in [0.5, 0.6) is 0 Å². The molecule has 0 aliphatic heterocycles. The van der Waals surface area contributed by atoms with Gasteiger partial charge in [0.15, 0.2) is 0 Å². The van der Waals surface area contributed by atoms with Gasteiger partial charge in [0.1, 0.15) is 11.6 Å². The van der Waals surface area contributed by atoms with Gasteiger partial charge in [-0.1, -0.05) is 18.6 Å². The average Bonchev–Trinajstić information content (AvgIpc) is 2.66. The summed E-state index contributed by atoms with van der Waals surface area (Å²) in [6, 6.07) is 7.96. The number of hydrogen-bond donors (Lipinski definition) is 1. The van der Waals surface area contributed by atoms with Crippen LogP contribution in [0.3, 0.4) is 0 Å². The Morgan fingerprint density at radius 3 is 2.74 bits per heavy atom. The van der Waals surface area contributed by atoms with Crippen LogP contribution < -0.4 is 5.73 Å².